The molecule has 0 spiro atoms. The number of rotatable bonds is 6. The zero-order chi connectivity index (χ0) is 35.6. The molecule has 0 saturated heterocycles. The van der Waals surface area contributed by atoms with Crippen molar-refractivity contribution in [2.75, 3.05) is 0 Å². The summed E-state index contributed by atoms with van der Waals surface area (Å²) in [5.41, 5.74) is -6.22. The minimum Gasteiger partial charge on any atom is -0.508 e. The Hall–Kier alpha value is -5.09. The number of para-hydroxylation sites is 4. The SMILES string of the molecule is CC1=CC(S(=O)(=O)C2=CC(C)(c3ccccc3O)C(O)(c3ccccc3O)C(C)=C2)=CC(C)(c2ccccc2O)C1(O)c1ccccc1O. The largest absolute Gasteiger partial charge is 0.508 e. The predicted octanol–water partition coefficient (Wildman–Crippen LogP) is 6.60. The first-order valence-corrected chi connectivity index (χ1v) is 17.2. The van der Waals surface area contributed by atoms with E-state index >= 15 is 0 Å². The van der Waals surface area contributed by atoms with Crippen LogP contribution in [0.3, 0.4) is 0 Å². The summed E-state index contributed by atoms with van der Waals surface area (Å²) in [7, 11) is -4.46. The molecule has 4 aromatic rings. The molecule has 0 fully saturated rings. The summed E-state index contributed by atoms with van der Waals surface area (Å²) < 4.78 is 29.7. The fourth-order valence-corrected chi connectivity index (χ4v) is 9.39. The number of allylic oxidation sites excluding steroid dienone is 2. The van der Waals surface area contributed by atoms with Gasteiger partial charge in [-0.2, -0.15) is 0 Å². The summed E-state index contributed by atoms with van der Waals surface area (Å²) in [5, 5.41) is 69.3. The molecule has 2 aliphatic carbocycles. The minimum absolute atomic E-state index is 0.120. The summed E-state index contributed by atoms with van der Waals surface area (Å²) in [4.78, 5) is -0.391. The van der Waals surface area contributed by atoms with Crippen LogP contribution in [0.25, 0.3) is 0 Å². The van der Waals surface area contributed by atoms with Gasteiger partial charge in [0, 0.05) is 22.3 Å². The minimum atomic E-state index is -4.46. The van der Waals surface area contributed by atoms with Crippen molar-refractivity contribution in [2.24, 2.45) is 0 Å². The first-order chi connectivity index (χ1) is 23.0. The first kappa shape index (κ1) is 33.8. The van der Waals surface area contributed by atoms with E-state index in [0.29, 0.717) is 0 Å². The molecule has 8 nitrogen and oxygen atoms in total. The first-order valence-electron chi connectivity index (χ1n) is 15.7. The van der Waals surface area contributed by atoms with Gasteiger partial charge in [-0.05, 0) is 75.3 Å². The average Bonchev–Trinajstić information content (AvgIpc) is 3.06. The molecule has 9 heteroatoms. The number of phenolic OH excluding ortho intramolecular Hbond substituents is 4. The Bertz CT molecular complexity index is 2080. The molecule has 2 aliphatic rings. The standard InChI is InChI=1S/C40H38O8S/c1-25-21-27(23-37(3,29-13-5-9-17-33(29)41)39(25,45)31-15-7-11-19-35(31)43)49(47,48)28-22-26(2)40(46,32-16-8-12-20-36(32)44)38(4,24-28)30-14-6-10-18-34(30)42/h5-24,41-46H,1-4H3. The van der Waals surface area contributed by atoms with E-state index in [0.717, 1.165) is 0 Å². The number of hydrogen-bond acceptors (Lipinski definition) is 8. The predicted molar refractivity (Wildman–Crippen MR) is 188 cm³/mol. The highest BCUT2D eigenvalue weighted by atomic mass is 32.2. The number of benzene rings is 4. The molecule has 4 aromatic carbocycles. The normalized spacial score (nSPS) is 27.1. The lowest BCUT2D eigenvalue weighted by Gasteiger charge is -2.48. The average molecular weight is 679 g/mol. The van der Waals surface area contributed by atoms with E-state index in [1.165, 1.54) is 48.6 Å². The highest BCUT2D eigenvalue weighted by Gasteiger charge is 2.57. The Morgan fingerprint density at radius 1 is 0.469 bits per heavy atom. The Labute approximate surface area is 285 Å². The lowest BCUT2D eigenvalue weighted by molar-refractivity contribution is 0.0128. The highest BCUT2D eigenvalue weighted by Crippen LogP contribution is 2.58. The van der Waals surface area contributed by atoms with Crippen molar-refractivity contribution in [1.29, 1.82) is 0 Å². The van der Waals surface area contributed by atoms with E-state index in [2.05, 4.69) is 0 Å². The molecule has 6 rings (SSSR count). The van der Waals surface area contributed by atoms with Crippen LogP contribution in [0, 0.1) is 0 Å². The fourth-order valence-electron chi connectivity index (χ4n) is 7.68. The Morgan fingerprint density at radius 3 is 1.02 bits per heavy atom. The van der Waals surface area contributed by atoms with Crippen molar-refractivity contribution in [3.63, 3.8) is 0 Å². The molecule has 0 saturated carbocycles. The zero-order valence-corrected chi connectivity index (χ0v) is 28.3. The Kier molecular flexibility index (Phi) is 7.94. The molecular formula is C40H38O8S. The molecule has 0 amide bonds. The van der Waals surface area contributed by atoms with Crippen LogP contribution in [0.1, 0.15) is 49.9 Å². The quantitative estimate of drug-likeness (QED) is 0.133. The molecule has 4 unspecified atom stereocenters. The van der Waals surface area contributed by atoms with Crippen LogP contribution in [0.4, 0.5) is 0 Å². The van der Waals surface area contributed by atoms with Crippen molar-refractivity contribution in [1.82, 2.24) is 0 Å². The molecule has 0 heterocycles. The third-order valence-corrected chi connectivity index (χ3v) is 12.1. The summed E-state index contributed by atoms with van der Waals surface area (Å²) in [6, 6.07) is 25.0. The number of phenols is 4. The maximum Gasteiger partial charge on any atom is 0.206 e. The Morgan fingerprint density at radius 2 is 0.735 bits per heavy atom. The van der Waals surface area contributed by atoms with Gasteiger partial charge in [0.15, 0.2) is 0 Å². The topological polar surface area (TPSA) is 156 Å². The maximum absolute atomic E-state index is 14.9. The molecule has 4 atom stereocenters. The molecule has 49 heavy (non-hydrogen) atoms. The van der Waals surface area contributed by atoms with Crippen LogP contribution in [-0.2, 0) is 31.9 Å². The van der Waals surface area contributed by atoms with E-state index in [4.69, 9.17) is 0 Å². The van der Waals surface area contributed by atoms with Crippen molar-refractivity contribution in [3.8, 4) is 23.0 Å². The van der Waals surface area contributed by atoms with Crippen LogP contribution < -0.4 is 0 Å². The molecule has 0 bridgehead atoms. The third kappa shape index (κ3) is 4.75. The molecule has 0 aromatic heterocycles. The molecule has 0 radical (unpaired) electrons. The highest BCUT2D eigenvalue weighted by molar-refractivity contribution is 7.99. The lowest BCUT2D eigenvalue weighted by Crippen LogP contribution is -2.50. The second-order valence-corrected chi connectivity index (χ2v) is 15.1. The van der Waals surface area contributed by atoms with Crippen LogP contribution in [0.15, 0.2) is 142 Å². The van der Waals surface area contributed by atoms with Crippen LogP contribution in [0.5, 0.6) is 23.0 Å². The van der Waals surface area contributed by atoms with Crippen molar-refractivity contribution in [2.45, 2.75) is 49.7 Å². The van der Waals surface area contributed by atoms with Gasteiger partial charge in [0.1, 0.15) is 34.2 Å². The van der Waals surface area contributed by atoms with Crippen LogP contribution in [-0.4, -0.2) is 39.1 Å². The second-order valence-electron chi connectivity index (χ2n) is 13.1. The van der Waals surface area contributed by atoms with Gasteiger partial charge in [0.25, 0.3) is 0 Å². The molecular weight excluding hydrogens is 640 g/mol. The molecule has 252 valence electrons. The van der Waals surface area contributed by atoms with Crippen molar-refractivity contribution in [3.05, 3.63) is 165 Å². The van der Waals surface area contributed by atoms with E-state index < -0.39 is 31.9 Å². The zero-order valence-electron chi connectivity index (χ0n) is 27.5. The van der Waals surface area contributed by atoms with E-state index in [1.54, 1.807) is 100 Å². The van der Waals surface area contributed by atoms with Crippen LogP contribution in [0.2, 0.25) is 0 Å². The fraction of sp³-hybridized carbons (Fsp3) is 0.200. The van der Waals surface area contributed by atoms with Crippen LogP contribution >= 0.6 is 0 Å². The molecule has 6 N–H and O–H groups in total. The summed E-state index contributed by atoms with van der Waals surface area (Å²) in [6.07, 6.45) is 5.44. The summed E-state index contributed by atoms with van der Waals surface area (Å²) in [5.74, 6) is -0.799. The Balaban J connectivity index is 1.62. The number of aliphatic hydroxyl groups is 2. The van der Waals surface area contributed by atoms with Gasteiger partial charge in [-0.25, -0.2) is 8.42 Å². The monoisotopic (exact) mass is 678 g/mol. The smallest absolute Gasteiger partial charge is 0.206 e. The molecule has 0 aliphatic heterocycles. The summed E-state index contributed by atoms with van der Waals surface area (Å²) in [6.45, 7) is 6.32. The maximum atomic E-state index is 14.9. The number of sulfone groups is 1. The van der Waals surface area contributed by atoms with Gasteiger partial charge in [0.05, 0.1) is 20.6 Å². The number of aromatic hydroxyl groups is 4. The third-order valence-electron chi connectivity index (χ3n) is 10.4. The second kappa shape index (κ2) is 11.5. The van der Waals surface area contributed by atoms with Crippen molar-refractivity contribution >= 4 is 9.84 Å². The summed E-state index contributed by atoms with van der Waals surface area (Å²) >= 11 is 0. The van der Waals surface area contributed by atoms with Gasteiger partial charge in [-0.1, -0.05) is 84.9 Å². The van der Waals surface area contributed by atoms with E-state index in [1.807, 2.05) is 0 Å². The van der Waals surface area contributed by atoms with Gasteiger partial charge >= 0.3 is 0 Å². The van der Waals surface area contributed by atoms with E-state index in [9.17, 15) is 39.1 Å². The van der Waals surface area contributed by atoms with Gasteiger partial charge in [-0.3, -0.25) is 0 Å². The lowest BCUT2D eigenvalue weighted by atomic mass is 9.60. The van der Waals surface area contributed by atoms with Gasteiger partial charge in [-0.15, -0.1) is 0 Å². The number of hydrogen-bond donors (Lipinski definition) is 6. The van der Waals surface area contributed by atoms with Gasteiger partial charge in [0.2, 0.25) is 9.84 Å². The van der Waals surface area contributed by atoms with Gasteiger partial charge < -0.3 is 30.6 Å². The van der Waals surface area contributed by atoms with Crippen molar-refractivity contribution < 1.29 is 39.1 Å². The van der Waals surface area contributed by atoms with E-state index in [-0.39, 0.29) is 66.2 Å².